The topological polar surface area (TPSA) is 190 Å². The number of thioether (sulfide) groups is 1. The lowest BCUT2D eigenvalue weighted by molar-refractivity contribution is -0.154. The number of ether oxygens (including phenoxy) is 1. The Balaban J connectivity index is 1.01. The van der Waals surface area contributed by atoms with Crippen molar-refractivity contribution in [1.82, 2.24) is 35.4 Å². The molecule has 2 N–H and O–H groups in total. The van der Waals surface area contributed by atoms with E-state index in [4.69, 9.17) is 26.8 Å². The maximum Gasteiger partial charge on any atom is 0.356 e. The highest BCUT2D eigenvalue weighted by Crippen LogP contribution is 2.44. The number of carbonyl (C=O) groups is 3. The average Bonchev–Trinajstić information content (AvgIpc) is 4.05. The summed E-state index contributed by atoms with van der Waals surface area (Å²) in [6, 6.07) is 49.3. The van der Waals surface area contributed by atoms with E-state index >= 15 is 0 Å². The van der Waals surface area contributed by atoms with Gasteiger partial charge in [0.15, 0.2) is 22.8 Å². The van der Waals surface area contributed by atoms with Crippen molar-refractivity contribution >= 4 is 68.8 Å². The first kappa shape index (κ1) is 45.3. The van der Waals surface area contributed by atoms with Gasteiger partial charge in [0.05, 0.1) is 4.86 Å². The van der Waals surface area contributed by atoms with E-state index in [1.54, 1.807) is 12.4 Å². The van der Waals surface area contributed by atoms with Gasteiger partial charge in [0, 0.05) is 24.6 Å². The molecule has 2 amide bonds. The first-order valence-corrected chi connectivity index (χ1v) is 23.6. The Labute approximate surface area is 404 Å². The zero-order valence-electron chi connectivity index (χ0n) is 36.2. The number of hydrogen-bond donors (Lipinski definition) is 2. The number of benzene rings is 5. The van der Waals surface area contributed by atoms with Crippen LogP contribution in [0, 0.1) is 11.3 Å². The number of carbonyl (C=O) groups excluding carboxylic acids is 3. The largest absolute Gasteiger partial charge is 0.448 e. The molecule has 2 aliphatic rings. The molecule has 15 nitrogen and oxygen atoms in total. The normalized spacial score (nSPS) is 15.8. The van der Waals surface area contributed by atoms with Crippen molar-refractivity contribution in [2.75, 3.05) is 17.7 Å². The number of aromatic nitrogens is 5. The minimum absolute atomic E-state index is 0.0266. The smallest absolute Gasteiger partial charge is 0.356 e. The number of β-lactam (4-membered cyclic amide) rings is 1. The Bertz CT molecular complexity index is 2920. The molecule has 9 rings (SSSR count). The lowest BCUT2D eigenvalue weighted by Crippen LogP contribution is -2.71. The molecule has 0 aliphatic carbocycles. The number of tetrazole rings is 1. The van der Waals surface area contributed by atoms with E-state index in [0.29, 0.717) is 21.4 Å². The maximum absolute atomic E-state index is 14.6. The quantitative estimate of drug-likeness (QED) is 0.0137. The van der Waals surface area contributed by atoms with Crippen molar-refractivity contribution in [3.05, 3.63) is 208 Å². The van der Waals surface area contributed by atoms with Crippen LogP contribution in [-0.2, 0) is 36.5 Å². The second-order valence-electron chi connectivity index (χ2n) is 15.5. The molecule has 2 aliphatic heterocycles. The summed E-state index contributed by atoms with van der Waals surface area (Å²) in [5, 5.41) is 33.0. The molecule has 0 bridgehead atoms. The minimum Gasteiger partial charge on any atom is -0.448 e. The first-order chi connectivity index (χ1) is 33.3. The summed E-state index contributed by atoms with van der Waals surface area (Å²) in [7, 11) is 1.66. The Kier molecular flexibility index (Phi) is 13.6. The summed E-state index contributed by atoms with van der Waals surface area (Å²) in [4.78, 5) is 55.3. The number of thiazole rings is 1. The number of hydrogen-bond acceptors (Lipinski definition) is 15. The van der Waals surface area contributed by atoms with Gasteiger partial charge in [-0.05, 0) is 43.8 Å². The zero-order chi connectivity index (χ0) is 47.0. The second-order valence-corrected chi connectivity index (χ2v) is 18.0. The predicted molar refractivity (Wildman–Crippen MR) is 261 cm³/mol. The van der Waals surface area contributed by atoms with E-state index in [9.17, 15) is 19.6 Å². The van der Waals surface area contributed by atoms with Gasteiger partial charge in [-0.3, -0.25) is 14.5 Å². The van der Waals surface area contributed by atoms with Crippen LogP contribution in [0.15, 0.2) is 173 Å². The van der Waals surface area contributed by atoms with Crippen molar-refractivity contribution in [3.8, 4) is 6.07 Å². The van der Waals surface area contributed by atoms with Crippen LogP contribution in [0.2, 0.25) is 0 Å². The van der Waals surface area contributed by atoms with Gasteiger partial charge < -0.3 is 20.2 Å². The molecule has 338 valence electrons. The lowest BCUT2D eigenvalue weighted by Gasteiger charge is -2.49. The number of nitriles is 1. The predicted octanol–water partition coefficient (Wildman–Crippen LogP) is 7.11. The average molecular weight is 957 g/mol. The molecule has 7 aromatic rings. The van der Waals surface area contributed by atoms with Gasteiger partial charge in [-0.1, -0.05) is 169 Å². The van der Waals surface area contributed by atoms with Crippen LogP contribution in [0.25, 0.3) is 0 Å². The summed E-state index contributed by atoms with van der Waals surface area (Å²) >= 11 is 8.37. The fourth-order valence-corrected chi connectivity index (χ4v) is 10.7. The number of amides is 2. The molecular formula is C50H40N10O5S3. The van der Waals surface area contributed by atoms with E-state index in [-0.39, 0.29) is 29.3 Å². The van der Waals surface area contributed by atoms with Crippen molar-refractivity contribution in [2.24, 2.45) is 12.2 Å². The highest BCUT2D eigenvalue weighted by Gasteiger charge is 2.55. The zero-order valence-corrected chi connectivity index (χ0v) is 38.7. The molecule has 2 atom stereocenters. The van der Waals surface area contributed by atoms with Crippen molar-refractivity contribution in [3.63, 3.8) is 0 Å². The van der Waals surface area contributed by atoms with Crippen molar-refractivity contribution < 1.29 is 24.0 Å². The highest BCUT2D eigenvalue weighted by atomic mass is 32.2. The SMILES string of the molecule is Cn1nnnc1C(=S)CC1=C(C(=O)OC(c2ccccc2)c2ccccc2)N2C(=O)C(NC(=O)C(=NOCC#N)c3csc(NC(c4ccccc4)(c4ccccc4)c4ccccc4)n3)C2SC1. The third-order valence-corrected chi connectivity index (χ3v) is 13.8. The number of nitrogens with zero attached hydrogens (tertiary/aromatic N) is 8. The van der Waals surface area contributed by atoms with Crippen LogP contribution >= 0.6 is 35.3 Å². The first-order valence-electron chi connectivity index (χ1n) is 21.3. The van der Waals surface area contributed by atoms with E-state index in [2.05, 4.69) is 31.3 Å². The second kappa shape index (κ2) is 20.3. The Morgan fingerprint density at radius 1 is 0.882 bits per heavy atom. The van der Waals surface area contributed by atoms with Gasteiger partial charge in [0.2, 0.25) is 6.61 Å². The molecular weight excluding hydrogens is 917 g/mol. The van der Waals surface area contributed by atoms with Crippen LogP contribution in [0.1, 0.15) is 51.9 Å². The highest BCUT2D eigenvalue weighted by molar-refractivity contribution is 8.00. The number of thiocarbonyl (C=S) groups is 1. The molecule has 0 radical (unpaired) electrons. The van der Waals surface area contributed by atoms with E-state index in [1.807, 2.05) is 158 Å². The minimum atomic E-state index is -1.09. The van der Waals surface area contributed by atoms with Gasteiger partial charge in [-0.15, -0.1) is 28.2 Å². The molecule has 4 heterocycles. The standard InChI is InChI=1S/C50H40N10O5S3/c1-59-44(55-57-58-59)39(66)29-34-30-67-47-41(46(62)60(47)42(34)48(63)65-43(32-17-7-2-8-18-32)33-19-9-3-10-20-33)53-45(61)40(56-64-28-27-51)38-31-68-49(52-38)54-50(35-21-11-4-12-22-35,36-23-13-5-14-24-36)37-25-15-6-16-26-37/h2-26,31,41,43,47H,28-30H2,1H3,(H,52,54)(H,53,61). The maximum atomic E-state index is 14.6. The molecule has 5 aromatic carbocycles. The molecule has 1 saturated heterocycles. The van der Waals surface area contributed by atoms with Crippen LogP contribution < -0.4 is 10.6 Å². The van der Waals surface area contributed by atoms with Gasteiger partial charge in [0.25, 0.3) is 11.8 Å². The van der Waals surface area contributed by atoms with Gasteiger partial charge in [0.1, 0.15) is 34.4 Å². The molecule has 2 unspecified atom stereocenters. The molecule has 2 aromatic heterocycles. The number of nitrogens with one attached hydrogen (secondary N) is 2. The molecule has 0 spiro atoms. The molecule has 1 fully saturated rings. The van der Waals surface area contributed by atoms with Crippen LogP contribution in [0.4, 0.5) is 5.13 Å². The number of oxime groups is 1. The Hall–Kier alpha value is -7.85. The summed E-state index contributed by atoms with van der Waals surface area (Å²) in [6.45, 7) is -0.446. The van der Waals surface area contributed by atoms with E-state index in [0.717, 1.165) is 27.8 Å². The fraction of sp³-hybridized carbons (Fsp3) is 0.160. The number of esters is 1. The number of anilines is 1. The number of fused-ring (bicyclic) bond motifs is 1. The lowest BCUT2D eigenvalue weighted by atomic mass is 9.77. The Morgan fingerprint density at radius 3 is 1.97 bits per heavy atom. The number of rotatable bonds is 17. The molecule has 68 heavy (non-hydrogen) atoms. The third-order valence-electron chi connectivity index (χ3n) is 11.4. The summed E-state index contributed by atoms with van der Waals surface area (Å²) < 4.78 is 7.77. The third kappa shape index (κ3) is 9.14. The van der Waals surface area contributed by atoms with Gasteiger partial charge >= 0.3 is 5.97 Å². The van der Waals surface area contributed by atoms with Crippen molar-refractivity contribution in [2.45, 2.75) is 29.5 Å². The number of aryl methyl sites for hydroxylation is 1. The van der Waals surface area contributed by atoms with Gasteiger partial charge in [-0.25, -0.2) is 14.5 Å². The summed E-state index contributed by atoms with van der Waals surface area (Å²) in [5.74, 6) is -1.47. The van der Waals surface area contributed by atoms with Crippen molar-refractivity contribution in [1.29, 1.82) is 5.26 Å². The monoisotopic (exact) mass is 956 g/mol. The van der Waals surface area contributed by atoms with Crippen LogP contribution in [0.3, 0.4) is 0 Å². The van der Waals surface area contributed by atoms with Crippen LogP contribution in [0.5, 0.6) is 0 Å². The van der Waals surface area contributed by atoms with Crippen LogP contribution in [-0.4, -0.2) is 82.2 Å². The summed E-state index contributed by atoms with van der Waals surface area (Å²) in [6.07, 6.45) is -0.722. The summed E-state index contributed by atoms with van der Waals surface area (Å²) in [5.41, 5.74) is 3.82. The van der Waals surface area contributed by atoms with E-state index in [1.165, 1.54) is 32.7 Å². The Morgan fingerprint density at radius 2 is 1.44 bits per heavy atom. The van der Waals surface area contributed by atoms with E-state index < -0.39 is 47.4 Å². The molecule has 18 heteroatoms. The van der Waals surface area contributed by atoms with Gasteiger partial charge in [-0.2, -0.15) is 5.26 Å². The fourth-order valence-electron chi connectivity index (χ4n) is 8.21. The molecule has 0 saturated carbocycles.